The Morgan fingerprint density at radius 1 is 1.33 bits per heavy atom. The Balaban J connectivity index is 4.70. The first-order chi connectivity index (χ1) is 10.5. The van der Waals surface area contributed by atoms with Crippen molar-refractivity contribution in [2.45, 2.75) is 52.8 Å². The van der Waals surface area contributed by atoms with E-state index in [0.29, 0.717) is 13.2 Å². The summed E-state index contributed by atoms with van der Waals surface area (Å²) >= 11 is 0. The number of hydrogen-bond donors (Lipinski definition) is 0. The minimum atomic E-state index is -1.29. The molecular formula is C15H27N2O3P. The van der Waals surface area contributed by atoms with Crippen LogP contribution in [0.3, 0.4) is 0 Å². The Hall–Kier alpha value is -0.680. The molecule has 0 heterocycles. The maximum atomic E-state index is 7.47. The van der Waals surface area contributed by atoms with Gasteiger partial charge in [0.15, 0.2) is 0 Å². The van der Waals surface area contributed by atoms with Gasteiger partial charge in [0.05, 0.1) is 12.7 Å². The molecule has 0 rings (SSSR count). The zero-order valence-corrected chi connectivity index (χ0v) is 14.3. The molecule has 0 spiro atoms. The van der Waals surface area contributed by atoms with Crippen LogP contribution in [0.15, 0.2) is 0 Å². The van der Waals surface area contributed by atoms with Gasteiger partial charge in [-0.2, -0.15) is 0 Å². The lowest BCUT2D eigenvalue weighted by Gasteiger charge is -2.35. The largest absolute Gasteiger partial charge is 0.363 e. The molecule has 0 aromatic heterocycles. The molecule has 1 unspecified atom stereocenters. The molecule has 2 atom stereocenters. The number of ether oxygens (including phenoxy) is 1. The monoisotopic (exact) mass is 315 g/mol. The average molecular weight is 315 g/mol. The molecule has 0 fully saturated rings. The van der Waals surface area contributed by atoms with Crippen LogP contribution in [0.1, 0.15) is 36.0 Å². The van der Waals surface area contributed by atoms with Crippen LogP contribution in [0.25, 0.3) is 4.85 Å². The van der Waals surface area contributed by atoms with Crippen LogP contribution < -0.4 is 0 Å². The molecule has 0 radical (unpaired) electrons. The molecule has 0 aromatic rings. The molecule has 0 N–H and O–H groups in total. The van der Waals surface area contributed by atoms with Crippen molar-refractivity contribution in [2.24, 2.45) is 0 Å². The SMILES string of the molecule is [2H]C[C@H](COP(OCC[N+]#[C-])N(C(C)C)C(C)C)OCC#C. The molecule has 120 valence electrons. The first kappa shape index (κ1) is 18.4. The first-order valence-electron chi connectivity index (χ1n) is 7.70. The van der Waals surface area contributed by atoms with E-state index in [2.05, 4.69) is 43.1 Å². The van der Waals surface area contributed by atoms with Gasteiger partial charge in [-0.25, -0.2) is 11.2 Å². The van der Waals surface area contributed by atoms with Crippen LogP contribution >= 0.6 is 8.53 Å². The van der Waals surface area contributed by atoms with Gasteiger partial charge in [-0.05, 0) is 34.6 Å². The second-order valence-electron chi connectivity index (χ2n) is 4.95. The first-order valence-corrected chi connectivity index (χ1v) is 8.12. The molecule has 21 heavy (non-hydrogen) atoms. The molecule has 0 aliphatic carbocycles. The van der Waals surface area contributed by atoms with Crippen molar-refractivity contribution in [3.8, 4) is 12.3 Å². The van der Waals surface area contributed by atoms with E-state index in [9.17, 15) is 0 Å². The third kappa shape index (κ3) is 9.04. The van der Waals surface area contributed by atoms with Gasteiger partial charge in [-0.1, -0.05) is 5.92 Å². The fraction of sp³-hybridized carbons (Fsp3) is 0.800. The fourth-order valence-electron chi connectivity index (χ4n) is 1.67. The molecule has 0 aliphatic rings. The molecule has 0 aromatic carbocycles. The Kier molecular flexibility index (Phi) is 10.4. The van der Waals surface area contributed by atoms with E-state index < -0.39 is 8.53 Å². The van der Waals surface area contributed by atoms with Crippen LogP contribution in [0, 0.1) is 18.9 Å². The van der Waals surface area contributed by atoms with E-state index in [4.69, 9.17) is 28.2 Å². The van der Waals surface area contributed by atoms with Crippen LogP contribution in [0.4, 0.5) is 0 Å². The maximum Gasteiger partial charge on any atom is 0.259 e. The second-order valence-corrected chi connectivity index (χ2v) is 6.41. The molecule has 6 heteroatoms. The summed E-state index contributed by atoms with van der Waals surface area (Å²) in [5.74, 6) is 2.39. The predicted octanol–water partition coefficient (Wildman–Crippen LogP) is 3.32. The summed E-state index contributed by atoms with van der Waals surface area (Å²) < 4.78 is 26.6. The minimum absolute atomic E-state index is 0.0796. The van der Waals surface area contributed by atoms with Crippen LogP contribution in [-0.4, -0.2) is 49.2 Å². The summed E-state index contributed by atoms with van der Waals surface area (Å²) in [6.45, 7) is 16.3. The lowest BCUT2D eigenvalue weighted by atomic mass is 10.3. The summed E-state index contributed by atoms with van der Waals surface area (Å²) in [7, 11) is -1.29. The zero-order chi connectivity index (χ0) is 17.0. The number of hydrogen-bond acceptors (Lipinski definition) is 4. The van der Waals surface area contributed by atoms with Gasteiger partial charge in [-0.3, -0.25) is 0 Å². The summed E-state index contributed by atoms with van der Waals surface area (Å²) in [4.78, 5) is 3.29. The van der Waals surface area contributed by atoms with Crippen LogP contribution in [-0.2, 0) is 13.8 Å². The summed E-state index contributed by atoms with van der Waals surface area (Å²) in [5, 5.41) is 0. The van der Waals surface area contributed by atoms with Gasteiger partial charge in [0.1, 0.15) is 13.2 Å². The van der Waals surface area contributed by atoms with Crippen molar-refractivity contribution in [3.63, 3.8) is 0 Å². The van der Waals surface area contributed by atoms with Gasteiger partial charge in [0.25, 0.3) is 8.53 Å². The van der Waals surface area contributed by atoms with Crippen LogP contribution in [0.2, 0.25) is 0 Å². The Morgan fingerprint density at radius 2 is 2.00 bits per heavy atom. The van der Waals surface area contributed by atoms with Gasteiger partial charge in [0, 0.05) is 13.5 Å². The summed E-state index contributed by atoms with van der Waals surface area (Å²) in [6, 6.07) is 0.500. The fourth-order valence-corrected chi connectivity index (χ4v) is 3.30. The maximum absolute atomic E-state index is 7.47. The number of nitrogens with zero attached hydrogens (tertiary/aromatic N) is 2. The Morgan fingerprint density at radius 3 is 2.48 bits per heavy atom. The second kappa shape index (κ2) is 11.9. The van der Waals surface area contributed by atoms with Gasteiger partial charge in [0.2, 0.25) is 6.54 Å². The topological polar surface area (TPSA) is 35.3 Å². The smallest absolute Gasteiger partial charge is 0.259 e. The van der Waals surface area contributed by atoms with Crippen LogP contribution in [0.5, 0.6) is 0 Å². The number of terminal acetylenes is 1. The predicted molar refractivity (Wildman–Crippen MR) is 86.7 cm³/mol. The van der Waals surface area contributed by atoms with Crippen molar-refractivity contribution in [1.82, 2.24) is 4.67 Å². The molecule has 5 nitrogen and oxygen atoms in total. The molecular weight excluding hydrogens is 287 g/mol. The van der Waals surface area contributed by atoms with Crippen molar-refractivity contribution in [3.05, 3.63) is 11.4 Å². The van der Waals surface area contributed by atoms with E-state index in [0.717, 1.165) is 0 Å². The van der Waals surface area contributed by atoms with E-state index in [1.54, 1.807) is 0 Å². The highest BCUT2D eigenvalue weighted by molar-refractivity contribution is 7.44. The van der Waals surface area contributed by atoms with E-state index in [-0.39, 0.29) is 38.3 Å². The molecule has 0 aliphatic heterocycles. The molecule has 0 saturated carbocycles. The lowest BCUT2D eigenvalue weighted by Crippen LogP contribution is -2.34. The van der Waals surface area contributed by atoms with Gasteiger partial charge in [-0.15, -0.1) is 6.42 Å². The highest BCUT2D eigenvalue weighted by Gasteiger charge is 2.27. The standard InChI is InChI=1S/C15H27N2O3P/c1-8-10-18-15(6)12-20-21(19-11-9-16-7)17(13(2)3)14(4)5/h1,13-15H,9-12H2,2-6H3/t15-,21?/m1/s1/i6D. The summed E-state index contributed by atoms with van der Waals surface area (Å²) in [5.41, 5.74) is 0. The quantitative estimate of drug-likeness (QED) is 0.254. The van der Waals surface area contributed by atoms with Crippen molar-refractivity contribution < 1.29 is 15.2 Å². The van der Waals surface area contributed by atoms with Crippen molar-refractivity contribution in [2.75, 3.05) is 26.4 Å². The zero-order valence-electron chi connectivity index (χ0n) is 14.4. The minimum Gasteiger partial charge on any atom is -0.363 e. The summed E-state index contributed by atoms with van der Waals surface area (Å²) in [6.07, 6.45) is 4.79. The normalized spacial score (nSPS) is 14.8. The van der Waals surface area contributed by atoms with Gasteiger partial charge < -0.3 is 18.6 Å². The highest BCUT2D eigenvalue weighted by Crippen LogP contribution is 2.45. The lowest BCUT2D eigenvalue weighted by molar-refractivity contribution is 0.0443. The van der Waals surface area contributed by atoms with E-state index >= 15 is 0 Å². The van der Waals surface area contributed by atoms with Crippen molar-refractivity contribution >= 4 is 8.53 Å². The van der Waals surface area contributed by atoms with Gasteiger partial charge >= 0.3 is 0 Å². The van der Waals surface area contributed by atoms with Crippen molar-refractivity contribution in [1.29, 1.82) is 0 Å². The number of rotatable bonds is 11. The Labute approximate surface area is 132 Å². The molecule has 0 saturated heterocycles. The van der Waals surface area contributed by atoms with E-state index in [1.165, 1.54) is 0 Å². The third-order valence-corrected chi connectivity index (χ3v) is 4.50. The van der Waals surface area contributed by atoms with E-state index in [1.807, 2.05) is 0 Å². The highest BCUT2D eigenvalue weighted by atomic mass is 31.2. The average Bonchev–Trinajstić information content (AvgIpc) is 2.46. The molecule has 0 bridgehead atoms. The third-order valence-electron chi connectivity index (χ3n) is 2.42. The Bertz CT molecular complexity index is 361. The molecule has 0 amide bonds.